The first kappa shape index (κ1) is 25.9. The number of aliphatic hydroxyl groups is 1. The number of amides is 1. The minimum absolute atomic E-state index is 0.0220. The number of hydrogen-bond donors (Lipinski definition) is 1. The number of Topliss-reactive ketones (excluding diaryl/α,β-unsaturated/α-hetero) is 1. The van der Waals surface area contributed by atoms with Crippen molar-refractivity contribution in [2.24, 2.45) is 0 Å². The van der Waals surface area contributed by atoms with E-state index >= 15 is 0 Å². The van der Waals surface area contributed by atoms with Crippen molar-refractivity contribution in [2.45, 2.75) is 19.4 Å². The topological polar surface area (TPSA) is 104 Å². The van der Waals surface area contributed by atoms with Crippen molar-refractivity contribution < 1.29 is 38.4 Å². The molecular weight excluding hydrogens is 454 g/mol. The van der Waals surface area contributed by atoms with Gasteiger partial charge in [0.25, 0.3) is 11.7 Å². The van der Waals surface area contributed by atoms with Crippen LogP contribution < -0.4 is 18.9 Å². The number of carbonyl (C=O) groups is 2. The standard InChI is InChI=1S/C26H31NO8/c1-15-12-16(8-9-18(15)32-3)23(28)21-22(27(10-7-11-31-2)26(30)24(21)29)17-13-19(33-4)25(35-6)20(14-17)34-5/h8-9,12-14,22,28H,7,10-11H2,1-6H3/b23-21+. The summed E-state index contributed by atoms with van der Waals surface area (Å²) in [5, 5.41) is 11.3. The third-order valence-corrected chi connectivity index (χ3v) is 5.96. The predicted octanol–water partition coefficient (Wildman–Crippen LogP) is 3.49. The van der Waals surface area contributed by atoms with Crippen LogP contribution in [-0.4, -0.2) is 70.4 Å². The molecule has 0 bridgehead atoms. The van der Waals surface area contributed by atoms with E-state index in [9.17, 15) is 14.7 Å². The fourth-order valence-corrected chi connectivity index (χ4v) is 4.28. The van der Waals surface area contributed by atoms with E-state index in [0.717, 1.165) is 5.56 Å². The Bertz CT molecular complexity index is 1120. The van der Waals surface area contributed by atoms with Gasteiger partial charge in [-0.05, 0) is 54.8 Å². The zero-order valence-electron chi connectivity index (χ0n) is 20.8. The average molecular weight is 486 g/mol. The number of methoxy groups -OCH3 is 5. The molecule has 2 aromatic carbocycles. The number of likely N-dealkylation sites (tertiary alicyclic amines) is 1. The number of carbonyl (C=O) groups excluding carboxylic acids is 2. The van der Waals surface area contributed by atoms with Crippen LogP contribution in [0.2, 0.25) is 0 Å². The number of ether oxygens (including phenoxy) is 5. The van der Waals surface area contributed by atoms with Crippen molar-refractivity contribution in [3.63, 3.8) is 0 Å². The molecule has 1 N–H and O–H groups in total. The van der Waals surface area contributed by atoms with Crippen LogP contribution in [0.4, 0.5) is 0 Å². The lowest BCUT2D eigenvalue weighted by Gasteiger charge is -2.26. The van der Waals surface area contributed by atoms with E-state index in [1.165, 1.54) is 26.2 Å². The molecule has 0 aliphatic carbocycles. The van der Waals surface area contributed by atoms with Gasteiger partial charge < -0.3 is 33.7 Å². The lowest BCUT2D eigenvalue weighted by molar-refractivity contribution is -0.140. The molecule has 0 spiro atoms. The molecule has 0 aromatic heterocycles. The van der Waals surface area contributed by atoms with Gasteiger partial charge >= 0.3 is 0 Å². The van der Waals surface area contributed by atoms with Crippen molar-refractivity contribution in [3.05, 3.63) is 52.6 Å². The molecule has 0 radical (unpaired) electrons. The van der Waals surface area contributed by atoms with E-state index in [0.29, 0.717) is 47.2 Å². The van der Waals surface area contributed by atoms with Crippen LogP contribution in [0.15, 0.2) is 35.9 Å². The highest BCUT2D eigenvalue weighted by molar-refractivity contribution is 6.46. The molecule has 1 aliphatic rings. The Balaban J connectivity index is 2.24. The Morgan fingerprint density at radius 1 is 0.914 bits per heavy atom. The summed E-state index contributed by atoms with van der Waals surface area (Å²) < 4.78 is 26.8. The van der Waals surface area contributed by atoms with Gasteiger partial charge in [0.05, 0.1) is 40.1 Å². The van der Waals surface area contributed by atoms with Gasteiger partial charge in [-0.15, -0.1) is 0 Å². The van der Waals surface area contributed by atoms with Crippen molar-refractivity contribution in [1.82, 2.24) is 4.90 Å². The summed E-state index contributed by atoms with van der Waals surface area (Å²) in [6.45, 7) is 2.48. The molecule has 1 saturated heterocycles. The van der Waals surface area contributed by atoms with Gasteiger partial charge in [-0.3, -0.25) is 9.59 Å². The zero-order chi connectivity index (χ0) is 25.7. The summed E-state index contributed by atoms with van der Waals surface area (Å²) in [5.74, 6) is -0.00118. The minimum Gasteiger partial charge on any atom is -0.507 e. The third-order valence-electron chi connectivity index (χ3n) is 5.96. The molecule has 1 fully saturated rings. The Kier molecular flexibility index (Phi) is 8.24. The first-order valence-electron chi connectivity index (χ1n) is 11.0. The second-order valence-corrected chi connectivity index (χ2v) is 7.98. The van der Waals surface area contributed by atoms with Crippen LogP contribution >= 0.6 is 0 Å². The molecule has 9 nitrogen and oxygen atoms in total. The number of hydrogen-bond acceptors (Lipinski definition) is 8. The minimum atomic E-state index is -0.872. The van der Waals surface area contributed by atoms with Gasteiger partial charge in [0.2, 0.25) is 5.75 Å². The molecule has 35 heavy (non-hydrogen) atoms. The SMILES string of the molecule is COCCCN1C(=O)C(=O)/C(=C(/O)c2ccc(OC)c(C)c2)C1c1cc(OC)c(OC)c(OC)c1. The van der Waals surface area contributed by atoms with E-state index in [1.807, 2.05) is 6.92 Å². The van der Waals surface area contributed by atoms with E-state index < -0.39 is 17.7 Å². The molecule has 9 heteroatoms. The molecule has 1 atom stereocenters. The van der Waals surface area contributed by atoms with E-state index in [1.54, 1.807) is 44.6 Å². The third kappa shape index (κ3) is 4.90. The second kappa shape index (κ2) is 11.1. The highest BCUT2D eigenvalue weighted by Crippen LogP contribution is 2.45. The Morgan fingerprint density at radius 3 is 2.06 bits per heavy atom. The van der Waals surface area contributed by atoms with E-state index in [-0.39, 0.29) is 17.9 Å². The van der Waals surface area contributed by atoms with Crippen molar-refractivity contribution in [2.75, 3.05) is 48.7 Å². The maximum absolute atomic E-state index is 13.2. The first-order chi connectivity index (χ1) is 16.8. The van der Waals surface area contributed by atoms with Gasteiger partial charge in [-0.1, -0.05) is 0 Å². The molecule has 1 aliphatic heterocycles. The summed E-state index contributed by atoms with van der Waals surface area (Å²) in [6, 6.07) is 7.53. The predicted molar refractivity (Wildman–Crippen MR) is 129 cm³/mol. The van der Waals surface area contributed by atoms with Gasteiger partial charge in [0.15, 0.2) is 11.5 Å². The van der Waals surface area contributed by atoms with Crippen LogP contribution in [0.1, 0.15) is 29.2 Å². The molecule has 3 rings (SSSR count). The van der Waals surface area contributed by atoms with Crippen LogP contribution in [0.5, 0.6) is 23.0 Å². The monoisotopic (exact) mass is 485 g/mol. The maximum Gasteiger partial charge on any atom is 0.295 e. The first-order valence-corrected chi connectivity index (χ1v) is 11.0. The molecule has 188 valence electrons. The van der Waals surface area contributed by atoms with Gasteiger partial charge in [0.1, 0.15) is 11.5 Å². The molecule has 0 saturated carbocycles. The molecule has 1 amide bonds. The Labute approximate surface area is 204 Å². The number of aliphatic hydroxyl groups excluding tert-OH is 1. The van der Waals surface area contributed by atoms with Crippen LogP contribution in [0.25, 0.3) is 5.76 Å². The summed E-state index contributed by atoms with van der Waals surface area (Å²) in [7, 11) is 7.57. The zero-order valence-corrected chi connectivity index (χ0v) is 20.8. The van der Waals surface area contributed by atoms with Crippen LogP contribution in [-0.2, 0) is 14.3 Å². The highest BCUT2D eigenvalue weighted by atomic mass is 16.5. The number of ketones is 1. The molecule has 1 heterocycles. The fraction of sp³-hybridized carbons (Fsp3) is 0.385. The summed E-state index contributed by atoms with van der Waals surface area (Å²) >= 11 is 0. The lowest BCUT2D eigenvalue weighted by atomic mass is 9.94. The average Bonchev–Trinajstić information content (AvgIpc) is 3.12. The van der Waals surface area contributed by atoms with Crippen molar-refractivity contribution in [3.8, 4) is 23.0 Å². The number of aryl methyl sites for hydroxylation is 1. The van der Waals surface area contributed by atoms with Gasteiger partial charge in [-0.2, -0.15) is 0 Å². The second-order valence-electron chi connectivity index (χ2n) is 7.98. The van der Waals surface area contributed by atoms with Gasteiger partial charge in [0, 0.05) is 25.8 Å². The normalized spacial score (nSPS) is 17.0. The molecule has 2 aromatic rings. The lowest BCUT2D eigenvalue weighted by Crippen LogP contribution is -2.31. The van der Waals surface area contributed by atoms with Crippen molar-refractivity contribution in [1.29, 1.82) is 0 Å². The summed E-state index contributed by atoms with van der Waals surface area (Å²) in [5.41, 5.74) is 1.68. The summed E-state index contributed by atoms with van der Waals surface area (Å²) in [6.07, 6.45) is 0.506. The highest BCUT2D eigenvalue weighted by Gasteiger charge is 2.46. The quantitative estimate of drug-likeness (QED) is 0.236. The van der Waals surface area contributed by atoms with Crippen LogP contribution in [0, 0.1) is 6.92 Å². The summed E-state index contributed by atoms with van der Waals surface area (Å²) in [4.78, 5) is 27.8. The smallest absolute Gasteiger partial charge is 0.295 e. The van der Waals surface area contributed by atoms with E-state index in [2.05, 4.69) is 0 Å². The number of rotatable bonds is 10. The Hall–Kier alpha value is -3.72. The fourth-order valence-electron chi connectivity index (χ4n) is 4.28. The number of benzene rings is 2. The van der Waals surface area contributed by atoms with E-state index in [4.69, 9.17) is 23.7 Å². The number of nitrogens with zero attached hydrogens (tertiary/aromatic N) is 1. The Morgan fingerprint density at radius 2 is 1.54 bits per heavy atom. The largest absolute Gasteiger partial charge is 0.507 e. The van der Waals surface area contributed by atoms with Gasteiger partial charge in [-0.25, -0.2) is 0 Å². The molecule has 1 unspecified atom stereocenters. The van der Waals surface area contributed by atoms with Crippen molar-refractivity contribution >= 4 is 17.4 Å². The molecular formula is C26H31NO8. The maximum atomic E-state index is 13.2. The van der Waals surface area contributed by atoms with Crippen LogP contribution in [0.3, 0.4) is 0 Å².